The van der Waals surface area contributed by atoms with Gasteiger partial charge in [-0.15, -0.1) is 0 Å². The summed E-state index contributed by atoms with van der Waals surface area (Å²) in [6, 6.07) is 7.99. The molecule has 0 radical (unpaired) electrons. The van der Waals surface area contributed by atoms with E-state index in [1.54, 1.807) is 6.08 Å². The molecule has 1 saturated heterocycles. The second-order valence-electron chi connectivity index (χ2n) is 7.06. The number of nitrogens with zero attached hydrogens (tertiary/aromatic N) is 2. The molecule has 2 aliphatic rings. The fourth-order valence-corrected chi connectivity index (χ4v) is 3.52. The van der Waals surface area contributed by atoms with Crippen LogP contribution in [0.2, 0.25) is 0 Å². The van der Waals surface area contributed by atoms with Crippen LogP contribution >= 0.6 is 0 Å². The summed E-state index contributed by atoms with van der Waals surface area (Å²) in [6.07, 6.45) is 5.75. The van der Waals surface area contributed by atoms with Crippen LogP contribution in [0.25, 0.3) is 0 Å². The summed E-state index contributed by atoms with van der Waals surface area (Å²) in [7, 11) is 3.94. The third kappa shape index (κ3) is 3.36. The number of likely N-dealkylation sites (tertiary alicyclic amines) is 1. The van der Waals surface area contributed by atoms with Crippen LogP contribution in [-0.2, 0) is 16.0 Å². The first kappa shape index (κ1) is 16.7. The number of carbonyl (C=O) groups excluding carboxylic acids is 2. The van der Waals surface area contributed by atoms with Crippen molar-refractivity contribution in [2.24, 2.45) is 5.41 Å². The zero-order valence-electron chi connectivity index (χ0n) is 14.4. The number of para-hydroxylation sites is 1. The van der Waals surface area contributed by atoms with Crippen molar-refractivity contribution in [3.63, 3.8) is 0 Å². The normalized spacial score (nSPS) is 19.6. The Kier molecular flexibility index (Phi) is 4.71. The van der Waals surface area contributed by atoms with Crippen molar-refractivity contribution in [2.45, 2.75) is 19.3 Å². The van der Waals surface area contributed by atoms with Crippen molar-refractivity contribution in [1.29, 1.82) is 0 Å². The van der Waals surface area contributed by atoms with Crippen LogP contribution in [0.15, 0.2) is 36.4 Å². The maximum absolute atomic E-state index is 12.6. The Labute approximate surface area is 143 Å². The minimum Gasteiger partial charge on any atom is -0.339 e. The van der Waals surface area contributed by atoms with Gasteiger partial charge in [-0.2, -0.15) is 0 Å². The lowest BCUT2D eigenvalue weighted by molar-refractivity contribution is -0.135. The van der Waals surface area contributed by atoms with Gasteiger partial charge >= 0.3 is 0 Å². The number of benzene rings is 1. The summed E-state index contributed by atoms with van der Waals surface area (Å²) in [5.74, 6) is 0.153. The molecule has 1 aromatic rings. The molecular formula is C19H25N3O2. The lowest BCUT2D eigenvalue weighted by Gasteiger charge is -2.43. The Balaban J connectivity index is 1.63. The van der Waals surface area contributed by atoms with Gasteiger partial charge in [0.05, 0.1) is 5.41 Å². The number of carbonyl (C=O) groups is 2. The largest absolute Gasteiger partial charge is 0.339 e. The van der Waals surface area contributed by atoms with E-state index in [1.165, 1.54) is 5.56 Å². The van der Waals surface area contributed by atoms with Gasteiger partial charge in [0.1, 0.15) is 0 Å². The Morgan fingerprint density at radius 1 is 1.29 bits per heavy atom. The van der Waals surface area contributed by atoms with Crippen LogP contribution in [0.5, 0.6) is 0 Å². The topological polar surface area (TPSA) is 52.7 Å². The first-order chi connectivity index (χ1) is 11.5. The highest BCUT2D eigenvalue weighted by Gasteiger charge is 2.44. The number of likely N-dealkylation sites (N-methyl/N-ethyl adjacent to an activating group) is 1. The van der Waals surface area contributed by atoms with Gasteiger partial charge in [0.2, 0.25) is 11.8 Å². The van der Waals surface area contributed by atoms with E-state index in [2.05, 4.69) is 11.4 Å². The second-order valence-corrected chi connectivity index (χ2v) is 7.06. The molecule has 0 unspecified atom stereocenters. The molecule has 0 aromatic heterocycles. The molecule has 1 N–H and O–H groups in total. The van der Waals surface area contributed by atoms with E-state index in [0.717, 1.165) is 31.5 Å². The summed E-state index contributed by atoms with van der Waals surface area (Å²) in [5, 5.41) is 3.05. The molecule has 2 heterocycles. The summed E-state index contributed by atoms with van der Waals surface area (Å²) >= 11 is 0. The van der Waals surface area contributed by atoms with Crippen molar-refractivity contribution >= 4 is 17.5 Å². The molecule has 5 heteroatoms. The maximum Gasteiger partial charge on any atom is 0.246 e. The third-order valence-electron chi connectivity index (χ3n) is 5.04. The molecule has 24 heavy (non-hydrogen) atoms. The van der Waals surface area contributed by atoms with Gasteiger partial charge in [0, 0.05) is 31.4 Å². The van der Waals surface area contributed by atoms with E-state index in [1.807, 2.05) is 48.2 Å². The molecule has 0 aliphatic carbocycles. The lowest BCUT2D eigenvalue weighted by Crippen LogP contribution is -2.50. The maximum atomic E-state index is 12.6. The standard InChI is InChI=1S/C19H25N3O2/c1-21(2)11-5-8-17(23)22-12-9-19(10-13-22)14-15-6-3-4-7-16(15)20-18(19)24/h3-8H,9-14H2,1-2H3,(H,20,24)/b8-5+. The number of fused-ring (bicyclic) bond motifs is 1. The van der Waals surface area contributed by atoms with Crippen LogP contribution in [0.1, 0.15) is 18.4 Å². The highest BCUT2D eigenvalue weighted by Crippen LogP contribution is 2.41. The van der Waals surface area contributed by atoms with Crippen LogP contribution in [-0.4, -0.2) is 55.3 Å². The number of hydrogen-bond donors (Lipinski definition) is 1. The average Bonchev–Trinajstić information content (AvgIpc) is 2.56. The average molecular weight is 327 g/mol. The van der Waals surface area contributed by atoms with Crippen molar-refractivity contribution in [3.8, 4) is 0 Å². The molecule has 1 aromatic carbocycles. The van der Waals surface area contributed by atoms with Gasteiger partial charge in [-0.25, -0.2) is 0 Å². The molecule has 1 fully saturated rings. The minimum atomic E-state index is -0.363. The summed E-state index contributed by atoms with van der Waals surface area (Å²) in [6.45, 7) is 2.03. The van der Waals surface area contributed by atoms with Crippen LogP contribution in [0.3, 0.4) is 0 Å². The summed E-state index contributed by atoms with van der Waals surface area (Å²) in [5.41, 5.74) is 1.76. The van der Waals surface area contributed by atoms with E-state index < -0.39 is 0 Å². The minimum absolute atomic E-state index is 0.0447. The molecule has 2 amide bonds. The van der Waals surface area contributed by atoms with Crippen LogP contribution < -0.4 is 5.32 Å². The highest BCUT2D eigenvalue weighted by atomic mass is 16.2. The smallest absolute Gasteiger partial charge is 0.246 e. The summed E-state index contributed by atoms with van der Waals surface area (Å²) in [4.78, 5) is 28.7. The Morgan fingerprint density at radius 3 is 2.71 bits per heavy atom. The SMILES string of the molecule is CN(C)C/C=C/C(=O)N1CCC2(CC1)Cc1ccccc1NC2=O. The number of nitrogens with one attached hydrogen (secondary N) is 1. The first-order valence-electron chi connectivity index (χ1n) is 8.50. The van der Waals surface area contributed by atoms with Crippen molar-refractivity contribution in [2.75, 3.05) is 39.0 Å². The van der Waals surface area contributed by atoms with E-state index >= 15 is 0 Å². The van der Waals surface area contributed by atoms with Crippen LogP contribution in [0.4, 0.5) is 5.69 Å². The Bertz CT molecular complexity index is 658. The van der Waals surface area contributed by atoms with E-state index in [-0.39, 0.29) is 17.2 Å². The van der Waals surface area contributed by atoms with Gasteiger partial charge in [-0.3, -0.25) is 9.59 Å². The predicted molar refractivity (Wildman–Crippen MR) is 94.7 cm³/mol. The van der Waals surface area contributed by atoms with Crippen molar-refractivity contribution in [1.82, 2.24) is 9.80 Å². The highest BCUT2D eigenvalue weighted by molar-refractivity contribution is 5.98. The van der Waals surface area contributed by atoms with E-state index in [9.17, 15) is 9.59 Å². The zero-order chi connectivity index (χ0) is 17.2. The summed E-state index contributed by atoms with van der Waals surface area (Å²) < 4.78 is 0. The van der Waals surface area contributed by atoms with Gasteiger partial charge in [0.15, 0.2) is 0 Å². The Hall–Kier alpha value is -2.14. The predicted octanol–water partition coefficient (Wildman–Crippen LogP) is 1.91. The van der Waals surface area contributed by atoms with E-state index in [4.69, 9.17) is 0 Å². The number of amides is 2. The number of rotatable bonds is 3. The van der Waals surface area contributed by atoms with Crippen molar-refractivity contribution < 1.29 is 9.59 Å². The molecule has 5 nitrogen and oxygen atoms in total. The monoisotopic (exact) mass is 327 g/mol. The third-order valence-corrected chi connectivity index (χ3v) is 5.04. The molecule has 0 bridgehead atoms. The first-order valence-corrected chi connectivity index (χ1v) is 8.50. The fraction of sp³-hybridized carbons (Fsp3) is 0.474. The van der Waals surface area contributed by atoms with Gasteiger partial charge in [-0.05, 0) is 45.0 Å². The van der Waals surface area contributed by atoms with E-state index in [0.29, 0.717) is 13.1 Å². The number of piperidine rings is 1. The molecule has 0 atom stereocenters. The number of hydrogen-bond acceptors (Lipinski definition) is 3. The quantitative estimate of drug-likeness (QED) is 0.863. The van der Waals surface area contributed by atoms with Crippen LogP contribution in [0, 0.1) is 5.41 Å². The zero-order valence-corrected chi connectivity index (χ0v) is 14.4. The number of anilines is 1. The van der Waals surface area contributed by atoms with Gasteiger partial charge < -0.3 is 15.1 Å². The molecule has 2 aliphatic heterocycles. The molecule has 3 rings (SSSR count). The Morgan fingerprint density at radius 2 is 2.00 bits per heavy atom. The molecule has 128 valence electrons. The van der Waals surface area contributed by atoms with Crippen molar-refractivity contribution in [3.05, 3.63) is 42.0 Å². The van der Waals surface area contributed by atoms with Gasteiger partial charge in [-0.1, -0.05) is 24.3 Å². The lowest BCUT2D eigenvalue weighted by atomic mass is 9.71. The second kappa shape index (κ2) is 6.77. The molecular weight excluding hydrogens is 302 g/mol. The molecule has 0 saturated carbocycles. The fourth-order valence-electron chi connectivity index (χ4n) is 3.52. The van der Waals surface area contributed by atoms with Gasteiger partial charge in [0.25, 0.3) is 0 Å². The molecule has 1 spiro atoms.